The van der Waals surface area contributed by atoms with Gasteiger partial charge in [-0.05, 0) is 66.4 Å². The highest BCUT2D eigenvalue weighted by Crippen LogP contribution is 2.33. The number of carbonyl (C=O) groups is 1. The molecule has 0 aromatic heterocycles. The summed E-state index contributed by atoms with van der Waals surface area (Å²) in [4.78, 5) is 13.2. The number of fused-ring (bicyclic) bond motifs is 2. The number of aryl methyl sites for hydroxylation is 2. The van der Waals surface area contributed by atoms with Crippen LogP contribution in [-0.2, 0) is 17.6 Å². The third-order valence-corrected chi connectivity index (χ3v) is 5.83. The van der Waals surface area contributed by atoms with Crippen molar-refractivity contribution >= 4 is 11.7 Å². The molecule has 2 aromatic rings. The lowest BCUT2D eigenvalue weighted by molar-refractivity contribution is -0.0541. The van der Waals surface area contributed by atoms with Crippen molar-refractivity contribution in [3.05, 3.63) is 76.9 Å². The molecule has 1 fully saturated rings. The molecule has 0 radical (unpaired) electrons. The Bertz CT molecular complexity index is 824. The zero-order valence-corrected chi connectivity index (χ0v) is 16.1. The highest BCUT2D eigenvalue weighted by molar-refractivity contribution is 5.83. The Kier molecular flexibility index (Phi) is 5.77. The topological polar surface area (TPSA) is 49.8 Å². The van der Waals surface area contributed by atoms with Crippen LogP contribution in [0.4, 0.5) is 4.79 Å². The van der Waals surface area contributed by atoms with Gasteiger partial charge in [0.25, 0.3) is 0 Å². The van der Waals surface area contributed by atoms with Gasteiger partial charge in [-0.25, -0.2) is 4.79 Å². The SMILES string of the molecule is O=C(O)O[C@H]1CCCCN1CCC=C1c2ccccc2CCc2ccccc21. The quantitative estimate of drug-likeness (QED) is 0.752. The number of rotatable bonds is 4. The fourth-order valence-corrected chi connectivity index (χ4v) is 4.48. The summed E-state index contributed by atoms with van der Waals surface area (Å²) in [7, 11) is 0. The first-order chi connectivity index (χ1) is 13.7. The highest BCUT2D eigenvalue weighted by atomic mass is 16.7. The van der Waals surface area contributed by atoms with E-state index in [2.05, 4.69) is 59.5 Å². The molecule has 2 aliphatic rings. The molecule has 1 heterocycles. The summed E-state index contributed by atoms with van der Waals surface area (Å²) in [6.07, 6.45) is 6.75. The maximum atomic E-state index is 11.0. The van der Waals surface area contributed by atoms with Crippen LogP contribution in [0.5, 0.6) is 0 Å². The van der Waals surface area contributed by atoms with Crippen LogP contribution in [0.2, 0.25) is 0 Å². The molecule has 0 unspecified atom stereocenters. The molecule has 0 spiro atoms. The average Bonchev–Trinajstić information content (AvgIpc) is 2.86. The van der Waals surface area contributed by atoms with E-state index in [1.807, 2.05) is 0 Å². The van der Waals surface area contributed by atoms with E-state index in [4.69, 9.17) is 9.84 Å². The molecule has 1 N–H and O–H groups in total. The predicted molar refractivity (Wildman–Crippen MR) is 110 cm³/mol. The number of hydrogen-bond donors (Lipinski definition) is 1. The molecule has 1 atom stereocenters. The van der Waals surface area contributed by atoms with E-state index in [-0.39, 0.29) is 6.23 Å². The van der Waals surface area contributed by atoms with Gasteiger partial charge in [0.2, 0.25) is 0 Å². The summed E-state index contributed by atoms with van der Waals surface area (Å²) in [6.45, 7) is 1.71. The molecule has 0 amide bonds. The fraction of sp³-hybridized carbons (Fsp3) is 0.375. The minimum atomic E-state index is -1.18. The summed E-state index contributed by atoms with van der Waals surface area (Å²) < 4.78 is 5.10. The smallest absolute Gasteiger partial charge is 0.450 e. The number of benzene rings is 2. The lowest BCUT2D eigenvalue weighted by atomic mass is 9.93. The molecule has 28 heavy (non-hydrogen) atoms. The van der Waals surface area contributed by atoms with Gasteiger partial charge in [0.1, 0.15) is 0 Å². The standard InChI is InChI=1S/C24H27NO3/c26-24(27)28-23-13-5-6-16-25(23)17-7-12-22-20-10-3-1-8-18(20)14-15-19-9-2-4-11-21(19)22/h1-4,8-12,23H,5-7,13-17H2,(H,26,27)/t23-/m0/s1. The molecule has 4 nitrogen and oxygen atoms in total. The summed E-state index contributed by atoms with van der Waals surface area (Å²) in [5.74, 6) is 0. The van der Waals surface area contributed by atoms with E-state index in [0.29, 0.717) is 0 Å². The molecule has 4 rings (SSSR count). The van der Waals surface area contributed by atoms with E-state index in [0.717, 1.165) is 51.6 Å². The fourth-order valence-electron chi connectivity index (χ4n) is 4.48. The number of piperidine rings is 1. The average molecular weight is 377 g/mol. The summed E-state index contributed by atoms with van der Waals surface area (Å²) in [5.41, 5.74) is 6.75. The molecular formula is C24H27NO3. The highest BCUT2D eigenvalue weighted by Gasteiger charge is 2.25. The molecule has 2 aromatic carbocycles. The Labute approximate surface area is 166 Å². The van der Waals surface area contributed by atoms with Crippen LogP contribution in [0.15, 0.2) is 54.6 Å². The Morgan fingerprint density at radius 2 is 1.68 bits per heavy atom. The summed E-state index contributed by atoms with van der Waals surface area (Å²) in [6, 6.07) is 17.4. The van der Waals surface area contributed by atoms with Crippen molar-refractivity contribution in [2.45, 2.75) is 44.8 Å². The van der Waals surface area contributed by atoms with Gasteiger partial charge in [-0.3, -0.25) is 4.90 Å². The van der Waals surface area contributed by atoms with Crippen LogP contribution >= 0.6 is 0 Å². The van der Waals surface area contributed by atoms with Gasteiger partial charge in [0.05, 0.1) is 0 Å². The van der Waals surface area contributed by atoms with Gasteiger partial charge in [-0.15, -0.1) is 0 Å². The Morgan fingerprint density at radius 1 is 1.04 bits per heavy atom. The van der Waals surface area contributed by atoms with Gasteiger partial charge < -0.3 is 9.84 Å². The number of ether oxygens (including phenoxy) is 1. The zero-order valence-electron chi connectivity index (χ0n) is 16.1. The van der Waals surface area contributed by atoms with Gasteiger partial charge in [-0.2, -0.15) is 0 Å². The number of hydrogen-bond acceptors (Lipinski definition) is 3. The third-order valence-electron chi connectivity index (χ3n) is 5.83. The molecule has 1 aliphatic heterocycles. The van der Waals surface area contributed by atoms with E-state index in [1.54, 1.807) is 0 Å². The van der Waals surface area contributed by atoms with Gasteiger partial charge in [-0.1, -0.05) is 54.6 Å². The minimum absolute atomic E-state index is 0.307. The van der Waals surface area contributed by atoms with Crippen molar-refractivity contribution in [2.75, 3.05) is 13.1 Å². The van der Waals surface area contributed by atoms with Gasteiger partial charge in [0, 0.05) is 13.1 Å². The van der Waals surface area contributed by atoms with Gasteiger partial charge >= 0.3 is 6.16 Å². The summed E-state index contributed by atoms with van der Waals surface area (Å²) in [5, 5.41) is 9.00. The number of nitrogens with zero attached hydrogens (tertiary/aromatic N) is 1. The van der Waals surface area contributed by atoms with Crippen LogP contribution in [0.1, 0.15) is 47.9 Å². The lowest BCUT2D eigenvalue weighted by Crippen LogP contribution is -2.42. The Morgan fingerprint density at radius 3 is 2.32 bits per heavy atom. The summed E-state index contributed by atoms with van der Waals surface area (Å²) >= 11 is 0. The number of likely N-dealkylation sites (tertiary alicyclic amines) is 1. The molecule has 146 valence electrons. The van der Waals surface area contributed by atoms with Crippen molar-refractivity contribution in [3.8, 4) is 0 Å². The van der Waals surface area contributed by atoms with Crippen molar-refractivity contribution in [1.29, 1.82) is 0 Å². The second kappa shape index (κ2) is 8.61. The molecular weight excluding hydrogens is 350 g/mol. The molecule has 0 saturated carbocycles. The largest absolute Gasteiger partial charge is 0.507 e. The first-order valence-corrected chi connectivity index (χ1v) is 10.2. The third kappa shape index (κ3) is 4.12. The maximum absolute atomic E-state index is 11.0. The Hall–Kier alpha value is -2.59. The molecule has 4 heteroatoms. The molecule has 0 bridgehead atoms. The van der Waals surface area contributed by atoms with Crippen molar-refractivity contribution in [3.63, 3.8) is 0 Å². The first kappa shape index (κ1) is 18.8. The lowest BCUT2D eigenvalue weighted by Gasteiger charge is -2.33. The number of carboxylic acid groups (broad SMARTS) is 1. The van der Waals surface area contributed by atoms with E-state index >= 15 is 0 Å². The van der Waals surface area contributed by atoms with Crippen LogP contribution < -0.4 is 0 Å². The normalized spacial score (nSPS) is 19.3. The first-order valence-electron chi connectivity index (χ1n) is 10.2. The van der Waals surface area contributed by atoms with Crippen LogP contribution in [0.3, 0.4) is 0 Å². The van der Waals surface area contributed by atoms with Crippen molar-refractivity contribution in [2.24, 2.45) is 0 Å². The van der Waals surface area contributed by atoms with E-state index in [9.17, 15) is 4.79 Å². The monoisotopic (exact) mass is 377 g/mol. The van der Waals surface area contributed by atoms with Crippen LogP contribution in [0.25, 0.3) is 5.57 Å². The van der Waals surface area contributed by atoms with E-state index in [1.165, 1.54) is 27.8 Å². The molecule has 1 saturated heterocycles. The van der Waals surface area contributed by atoms with Crippen LogP contribution in [-0.4, -0.2) is 35.5 Å². The zero-order chi connectivity index (χ0) is 19.3. The van der Waals surface area contributed by atoms with Gasteiger partial charge in [0.15, 0.2) is 6.23 Å². The second-order valence-corrected chi connectivity index (χ2v) is 7.59. The van der Waals surface area contributed by atoms with Crippen molar-refractivity contribution in [1.82, 2.24) is 4.90 Å². The molecule has 1 aliphatic carbocycles. The maximum Gasteiger partial charge on any atom is 0.507 e. The minimum Gasteiger partial charge on any atom is -0.450 e. The van der Waals surface area contributed by atoms with E-state index < -0.39 is 6.16 Å². The second-order valence-electron chi connectivity index (χ2n) is 7.59. The predicted octanol–water partition coefficient (Wildman–Crippen LogP) is 5.11. The van der Waals surface area contributed by atoms with Crippen LogP contribution in [0, 0.1) is 0 Å². The van der Waals surface area contributed by atoms with Crippen molar-refractivity contribution < 1.29 is 14.6 Å². The Balaban J connectivity index is 1.57.